The van der Waals surface area contributed by atoms with Crippen molar-refractivity contribution in [1.82, 2.24) is 0 Å². The van der Waals surface area contributed by atoms with Gasteiger partial charge in [-0.05, 0) is 37.5 Å². The summed E-state index contributed by atoms with van der Waals surface area (Å²) in [4.78, 5) is 13.4. The first-order valence-corrected chi connectivity index (χ1v) is 8.03. The fourth-order valence-corrected chi connectivity index (χ4v) is 3.83. The molecular formula is C16H18ClNO2S. The molecular weight excluding hydrogens is 306 g/mol. The molecule has 5 heteroatoms. The highest BCUT2D eigenvalue weighted by Gasteiger charge is 2.22. The average molecular weight is 324 g/mol. The highest BCUT2D eigenvalue weighted by Crippen LogP contribution is 2.42. The van der Waals surface area contributed by atoms with E-state index in [1.807, 2.05) is 32.0 Å². The molecule has 0 aliphatic rings. The van der Waals surface area contributed by atoms with Crippen LogP contribution in [0.25, 0.3) is 10.4 Å². The summed E-state index contributed by atoms with van der Waals surface area (Å²) in [5.41, 5.74) is 9.59. The summed E-state index contributed by atoms with van der Waals surface area (Å²) in [7, 11) is 0. The quantitative estimate of drug-likeness (QED) is 0.830. The number of ether oxygens (including phenoxy) is 1. The maximum Gasteiger partial charge on any atom is 0.350 e. The molecule has 0 unspecified atom stereocenters. The fraction of sp³-hybridized carbons (Fsp3) is 0.312. The summed E-state index contributed by atoms with van der Waals surface area (Å²) in [6.45, 7) is 6.11. The molecule has 0 atom stereocenters. The van der Waals surface area contributed by atoms with E-state index in [4.69, 9.17) is 22.1 Å². The minimum Gasteiger partial charge on any atom is -0.462 e. The number of thiophene rings is 1. The van der Waals surface area contributed by atoms with Crippen LogP contribution < -0.4 is 5.73 Å². The zero-order valence-electron chi connectivity index (χ0n) is 12.3. The summed E-state index contributed by atoms with van der Waals surface area (Å²) in [6, 6.07) is 5.88. The smallest absolute Gasteiger partial charge is 0.350 e. The maximum absolute atomic E-state index is 12.0. The lowest BCUT2D eigenvalue weighted by Crippen LogP contribution is -2.05. The van der Waals surface area contributed by atoms with Crippen molar-refractivity contribution in [2.24, 2.45) is 0 Å². The number of hydrogen-bond acceptors (Lipinski definition) is 4. The number of nitrogen functional groups attached to an aromatic ring is 1. The second-order valence-electron chi connectivity index (χ2n) is 4.71. The van der Waals surface area contributed by atoms with Gasteiger partial charge in [-0.15, -0.1) is 11.3 Å². The van der Waals surface area contributed by atoms with Gasteiger partial charge in [-0.2, -0.15) is 0 Å². The van der Waals surface area contributed by atoms with Crippen LogP contribution >= 0.6 is 22.9 Å². The third-order valence-electron chi connectivity index (χ3n) is 3.23. The largest absolute Gasteiger partial charge is 0.462 e. The zero-order valence-corrected chi connectivity index (χ0v) is 13.9. The molecule has 2 aromatic rings. The van der Waals surface area contributed by atoms with Crippen molar-refractivity contribution in [3.05, 3.63) is 39.2 Å². The summed E-state index contributed by atoms with van der Waals surface area (Å²) in [5.74, 6) is -0.371. The fourth-order valence-electron chi connectivity index (χ4n) is 2.20. The Labute approximate surface area is 133 Å². The Bertz CT molecular complexity index is 679. The number of halogens is 1. The number of anilines is 1. The number of hydrogen-bond donors (Lipinski definition) is 1. The van der Waals surface area contributed by atoms with Gasteiger partial charge in [0, 0.05) is 15.5 Å². The molecule has 0 bridgehead atoms. The van der Waals surface area contributed by atoms with E-state index in [1.165, 1.54) is 11.3 Å². The summed E-state index contributed by atoms with van der Waals surface area (Å²) < 4.78 is 5.07. The molecule has 2 rings (SSSR count). The molecule has 0 aliphatic carbocycles. The predicted molar refractivity (Wildman–Crippen MR) is 89.2 cm³/mol. The molecule has 0 saturated heterocycles. The van der Waals surface area contributed by atoms with Crippen molar-refractivity contribution in [2.75, 3.05) is 12.3 Å². The number of aryl methyl sites for hydroxylation is 1. The molecule has 3 nitrogen and oxygen atoms in total. The molecule has 0 spiro atoms. The molecule has 0 radical (unpaired) electrons. The molecule has 2 N–H and O–H groups in total. The van der Waals surface area contributed by atoms with Crippen LogP contribution in [-0.4, -0.2) is 12.6 Å². The summed E-state index contributed by atoms with van der Waals surface area (Å²) >= 11 is 7.69. The Morgan fingerprint density at radius 1 is 1.38 bits per heavy atom. The normalized spacial score (nSPS) is 10.7. The van der Waals surface area contributed by atoms with Gasteiger partial charge in [-0.25, -0.2) is 4.79 Å². The van der Waals surface area contributed by atoms with Gasteiger partial charge in [0.1, 0.15) is 4.88 Å². The average Bonchev–Trinajstić information content (AvgIpc) is 2.76. The first-order chi connectivity index (χ1) is 9.99. The molecule has 112 valence electrons. The van der Waals surface area contributed by atoms with E-state index in [0.717, 1.165) is 28.0 Å². The Morgan fingerprint density at radius 2 is 2.10 bits per heavy atom. The van der Waals surface area contributed by atoms with Crippen molar-refractivity contribution >= 4 is 34.6 Å². The third-order valence-corrected chi connectivity index (χ3v) is 4.81. The summed E-state index contributed by atoms with van der Waals surface area (Å²) in [6.07, 6.45) is 0.737. The first kappa shape index (κ1) is 15.9. The predicted octanol–water partition coefficient (Wildman–Crippen LogP) is 4.70. The van der Waals surface area contributed by atoms with E-state index in [0.29, 0.717) is 22.2 Å². The number of benzene rings is 1. The molecule has 0 amide bonds. The number of nitrogens with two attached hydrogens (primary N) is 1. The Balaban J connectivity index is 2.58. The van der Waals surface area contributed by atoms with Crippen molar-refractivity contribution in [3.63, 3.8) is 0 Å². The first-order valence-electron chi connectivity index (χ1n) is 6.84. The van der Waals surface area contributed by atoms with E-state index < -0.39 is 0 Å². The van der Waals surface area contributed by atoms with E-state index in [2.05, 4.69) is 0 Å². The number of carbonyl (C=O) groups excluding carboxylic acids is 1. The molecule has 1 aromatic heterocycles. The van der Waals surface area contributed by atoms with Crippen molar-refractivity contribution in [3.8, 4) is 10.4 Å². The second kappa shape index (κ2) is 6.50. The monoisotopic (exact) mass is 323 g/mol. The molecule has 0 saturated carbocycles. The van der Waals surface area contributed by atoms with Crippen LogP contribution in [0.5, 0.6) is 0 Å². The minimum atomic E-state index is -0.371. The van der Waals surface area contributed by atoms with Crippen LogP contribution in [0.2, 0.25) is 5.02 Å². The van der Waals surface area contributed by atoms with Gasteiger partial charge < -0.3 is 10.5 Å². The van der Waals surface area contributed by atoms with Crippen LogP contribution in [0.15, 0.2) is 18.2 Å². The summed E-state index contributed by atoms with van der Waals surface area (Å²) in [5, 5.41) is 0.668. The molecule has 0 fully saturated rings. The highest BCUT2D eigenvalue weighted by molar-refractivity contribution is 7.18. The van der Waals surface area contributed by atoms with Crippen LogP contribution in [0.3, 0.4) is 0 Å². The molecule has 1 heterocycles. The van der Waals surface area contributed by atoms with Gasteiger partial charge in [0.05, 0.1) is 12.3 Å². The van der Waals surface area contributed by atoms with Gasteiger partial charge in [-0.1, -0.05) is 30.7 Å². The number of rotatable bonds is 4. The van der Waals surface area contributed by atoms with E-state index in [9.17, 15) is 4.79 Å². The van der Waals surface area contributed by atoms with Gasteiger partial charge in [0.25, 0.3) is 0 Å². The molecule has 21 heavy (non-hydrogen) atoms. The van der Waals surface area contributed by atoms with Crippen molar-refractivity contribution in [2.45, 2.75) is 27.2 Å². The van der Waals surface area contributed by atoms with Crippen LogP contribution in [0.1, 0.15) is 34.6 Å². The lowest BCUT2D eigenvalue weighted by Gasteiger charge is -2.06. The third kappa shape index (κ3) is 3.06. The molecule has 1 aromatic carbocycles. The van der Waals surface area contributed by atoms with Crippen molar-refractivity contribution < 1.29 is 9.53 Å². The van der Waals surface area contributed by atoms with Crippen LogP contribution in [0.4, 0.5) is 5.69 Å². The number of carbonyl (C=O) groups is 1. The lowest BCUT2D eigenvalue weighted by atomic mass is 10.0. The van der Waals surface area contributed by atoms with E-state index in [-0.39, 0.29) is 5.97 Å². The minimum absolute atomic E-state index is 0.332. The van der Waals surface area contributed by atoms with Crippen LogP contribution in [0, 0.1) is 6.92 Å². The van der Waals surface area contributed by atoms with Gasteiger partial charge in [0.15, 0.2) is 0 Å². The van der Waals surface area contributed by atoms with Crippen molar-refractivity contribution in [1.29, 1.82) is 0 Å². The van der Waals surface area contributed by atoms with Crippen LogP contribution in [-0.2, 0) is 11.2 Å². The topological polar surface area (TPSA) is 52.3 Å². The lowest BCUT2D eigenvalue weighted by molar-refractivity contribution is 0.0533. The molecule has 0 aliphatic heterocycles. The van der Waals surface area contributed by atoms with Gasteiger partial charge in [0.2, 0.25) is 0 Å². The highest BCUT2D eigenvalue weighted by atomic mass is 35.5. The Morgan fingerprint density at radius 3 is 2.67 bits per heavy atom. The number of esters is 1. The second-order valence-corrected chi connectivity index (χ2v) is 6.14. The maximum atomic E-state index is 12.0. The Kier molecular flexibility index (Phi) is 4.91. The standard InChI is InChI=1S/C16H18ClNO2S/c1-4-10-13(18)15(16(19)20-5-2)21-14(10)11-7-6-9(3)8-12(11)17/h6-8H,4-5,18H2,1-3H3. The zero-order chi connectivity index (χ0) is 15.6. The Hall–Kier alpha value is -1.52. The van der Waals surface area contributed by atoms with Gasteiger partial charge in [-0.3, -0.25) is 0 Å². The SMILES string of the molecule is CCOC(=O)c1sc(-c2ccc(C)cc2Cl)c(CC)c1N. The van der Waals surface area contributed by atoms with E-state index in [1.54, 1.807) is 6.92 Å². The van der Waals surface area contributed by atoms with E-state index >= 15 is 0 Å². The van der Waals surface area contributed by atoms with Gasteiger partial charge >= 0.3 is 5.97 Å².